The fraction of sp³-hybridized carbons (Fsp3) is 0.615. The molecule has 0 unspecified atom stereocenters. The van der Waals surface area contributed by atoms with Crippen molar-refractivity contribution >= 4 is 0 Å². The molecule has 1 aliphatic rings. The van der Waals surface area contributed by atoms with Crippen LogP contribution >= 0.6 is 0 Å². The van der Waals surface area contributed by atoms with Gasteiger partial charge in [-0.1, -0.05) is 0 Å². The van der Waals surface area contributed by atoms with Gasteiger partial charge in [0.1, 0.15) is 0 Å². The molecular formula is C13H20N2O. The molecule has 1 N–H and O–H groups in total. The van der Waals surface area contributed by atoms with Gasteiger partial charge in [-0.05, 0) is 50.4 Å². The molecule has 1 aliphatic carbocycles. The number of likely N-dealkylation sites (N-methyl/N-ethyl adjacent to an activating group) is 1. The molecule has 2 atom stereocenters. The van der Waals surface area contributed by atoms with Crippen molar-refractivity contribution in [3.63, 3.8) is 0 Å². The maximum atomic E-state index is 9.80. The molecule has 1 fully saturated rings. The zero-order valence-electron chi connectivity index (χ0n) is 9.84. The molecule has 1 aromatic heterocycles. The summed E-state index contributed by atoms with van der Waals surface area (Å²) >= 11 is 0. The van der Waals surface area contributed by atoms with Crippen LogP contribution < -0.4 is 0 Å². The largest absolute Gasteiger partial charge is 0.391 e. The van der Waals surface area contributed by atoms with E-state index in [1.165, 1.54) is 5.56 Å². The van der Waals surface area contributed by atoms with E-state index in [1.807, 2.05) is 12.4 Å². The highest BCUT2D eigenvalue weighted by Gasteiger charge is 2.28. The van der Waals surface area contributed by atoms with Crippen molar-refractivity contribution in [2.75, 3.05) is 13.6 Å². The Kier molecular flexibility index (Phi) is 3.91. The standard InChI is InChI=1S/C13H20N2O/c1-15(12-3-2-4-13(12)16)10-7-11-5-8-14-9-6-11/h5-6,8-9,12-13,16H,2-4,7,10H2,1H3/t12-,13-/m0/s1. The van der Waals surface area contributed by atoms with Gasteiger partial charge in [0.15, 0.2) is 0 Å². The van der Waals surface area contributed by atoms with E-state index in [-0.39, 0.29) is 6.10 Å². The Balaban J connectivity index is 1.81. The van der Waals surface area contributed by atoms with E-state index in [4.69, 9.17) is 0 Å². The number of hydrogen-bond acceptors (Lipinski definition) is 3. The van der Waals surface area contributed by atoms with Crippen LogP contribution in [0.25, 0.3) is 0 Å². The molecule has 0 spiro atoms. The highest BCUT2D eigenvalue weighted by Crippen LogP contribution is 2.23. The molecule has 1 saturated carbocycles. The number of rotatable bonds is 4. The zero-order chi connectivity index (χ0) is 11.4. The van der Waals surface area contributed by atoms with Gasteiger partial charge in [0, 0.05) is 25.0 Å². The van der Waals surface area contributed by atoms with E-state index in [0.717, 1.165) is 32.2 Å². The van der Waals surface area contributed by atoms with Crippen molar-refractivity contribution in [3.8, 4) is 0 Å². The minimum absolute atomic E-state index is 0.123. The lowest BCUT2D eigenvalue weighted by Gasteiger charge is -2.26. The van der Waals surface area contributed by atoms with Crippen LogP contribution in [0.4, 0.5) is 0 Å². The van der Waals surface area contributed by atoms with Crippen LogP contribution in [0.3, 0.4) is 0 Å². The molecule has 0 aliphatic heterocycles. The Labute approximate surface area is 97.1 Å². The number of hydrogen-bond donors (Lipinski definition) is 1. The molecule has 0 aromatic carbocycles. The quantitative estimate of drug-likeness (QED) is 0.834. The van der Waals surface area contributed by atoms with Crippen molar-refractivity contribution in [1.82, 2.24) is 9.88 Å². The molecule has 0 bridgehead atoms. The molecule has 3 nitrogen and oxygen atoms in total. The first-order chi connectivity index (χ1) is 7.77. The fourth-order valence-corrected chi connectivity index (χ4v) is 2.46. The van der Waals surface area contributed by atoms with Gasteiger partial charge in [-0.3, -0.25) is 4.98 Å². The van der Waals surface area contributed by atoms with Crippen LogP contribution in [0.5, 0.6) is 0 Å². The Morgan fingerprint density at radius 1 is 1.38 bits per heavy atom. The summed E-state index contributed by atoms with van der Waals surface area (Å²) in [4.78, 5) is 6.30. The van der Waals surface area contributed by atoms with Crippen molar-refractivity contribution in [3.05, 3.63) is 30.1 Å². The van der Waals surface area contributed by atoms with Crippen molar-refractivity contribution in [1.29, 1.82) is 0 Å². The number of aliphatic hydroxyl groups excluding tert-OH is 1. The smallest absolute Gasteiger partial charge is 0.0695 e. The zero-order valence-corrected chi connectivity index (χ0v) is 9.84. The molecule has 3 heteroatoms. The predicted molar refractivity (Wildman–Crippen MR) is 64.2 cm³/mol. The normalized spacial score (nSPS) is 25.2. The second-order valence-corrected chi connectivity index (χ2v) is 4.65. The first-order valence-electron chi connectivity index (χ1n) is 6.04. The lowest BCUT2D eigenvalue weighted by atomic mass is 10.1. The molecule has 88 valence electrons. The lowest BCUT2D eigenvalue weighted by molar-refractivity contribution is 0.0870. The number of aromatic nitrogens is 1. The van der Waals surface area contributed by atoms with Gasteiger partial charge in [-0.15, -0.1) is 0 Å². The van der Waals surface area contributed by atoms with Crippen LogP contribution in [0.15, 0.2) is 24.5 Å². The molecule has 1 heterocycles. The minimum atomic E-state index is -0.123. The maximum Gasteiger partial charge on any atom is 0.0695 e. The predicted octanol–water partition coefficient (Wildman–Crippen LogP) is 1.47. The molecule has 0 radical (unpaired) electrons. The highest BCUT2D eigenvalue weighted by atomic mass is 16.3. The van der Waals surface area contributed by atoms with E-state index in [0.29, 0.717) is 6.04 Å². The number of aliphatic hydroxyl groups is 1. The minimum Gasteiger partial charge on any atom is -0.391 e. The van der Waals surface area contributed by atoms with Crippen LogP contribution in [0, 0.1) is 0 Å². The number of pyridine rings is 1. The van der Waals surface area contributed by atoms with Crippen molar-refractivity contribution < 1.29 is 5.11 Å². The third-order valence-electron chi connectivity index (χ3n) is 3.51. The van der Waals surface area contributed by atoms with Crippen molar-refractivity contribution in [2.24, 2.45) is 0 Å². The van der Waals surface area contributed by atoms with E-state index in [9.17, 15) is 5.11 Å². The Morgan fingerprint density at radius 2 is 2.12 bits per heavy atom. The Morgan fingerprint density at radius 3 is 2.75 bits per heavy atom. The Hall–Kier alpha value is -0.930. The highest BCUT2D eigenvalue weighted by molar-refractivity contribution is 5.10. The van der Waals surface area contributed by atoms with Gasteiger partial charge in [-0.25, -0.2) is 0 Å². The third kappa shape index (κ3) is 2.80. The topological polar surface area (TPSA) is 36.4 Å². The van der Waals surface area contributed by atoms with Crippen LogP contribution in [0.2, 0.25) is 0 Å². The van der Waals surface area contributed by atoms with Gasteiger partial charge >= 0.3 is 0 Å². The third-order valence-corrected chi connectivity index (χ3v) is 3.51. The summed E-state index contributed by atoms with van der Waals surface area (Å²) in [6, 6.07) is 4.47. The molecule has 16 heavy (non-hydrogen) atoms. The SMILES string of the molecule is CN(CCc1ccncc1)[C@H]1CCC[C@@H]1O. The second kappa shape index (κ2) is 5.41. The molecule has 2 rings (SSSR count). The van der Waals surface area contributed by atoms with Gasteiger partial charge in [0.05, 0.1) is 6.10 Å². The summed E-state index contributed by atoms with van der Waals surface area (Å²) in [6.07, 6.45) is 7.83. The second-order valence-electron chi connectivity index (χ2n) is 4.65. The summed E-state index contributed by atoms with van der Waals surface area (Å²) in [5, 5.41) is 9.80. The van der Waals surface area contributed by atoms with Gasteiger partial charge in [0.25, 0.3) is 0 Å². The van der Waals surface area contributed by atoms with E-state index in [2.05, 4.69) is 29.1 Å². The molecule has 0 amide bonds. The molecular weight excluding hydrogens is 200 g/mol. The van der Waals surface area contributed by atoms with E-state index in [1.54, 1.807) is 0 Å². The van der Waals surface area contributed by atoms with Gasteiger partial charge in [0.2, 0.25) is 0 Å². The van der Waals surface area contributed by atoms with Gasteiger partial charge in [-0.2, -0.15) is 0 Å². The van der Waals surface area contributed by atoms with Crippen molar-refractivity contribution in [2.45, 2.75) is 37.8 Å². The van der Waals surface area contributed by atoms with Crippen LogP contribution in [0.1, 0.15) is 24.8 Å². The molecule has 0 saturated heterocycles. The summed E-state index contributed by atoms with van der Waals surface area (Å²) in [5.74, 6) is 0. The summed E-state index contributed by atoms with van der Waals surface area (Å²) in [7, 11) is 2.11. The molecule has 1 aromatic rings. The maximum absolute atomic E-state index is 9.80. The first-order valence-corrected chi connectivity index (χ1v) is 6.04. The van der Waals surface area contributed by atoms with E-state index >= 15 is 0 Å². The fourth-order valence-electron chi connectivity index (χ4n) is 2.46. The Bertz CT molecular complexity index is 315. The lowest BCUT2D eigenvalue weighted by Crippen LogP contribution is -2.38. The van der Waals surface area contributed by atoms with E-state index < -0.39 is 0 Å². The van der Waals surface area contributed by atoms with Crippen LogP contribution in [-0.4, -0.2) is 40.7 Å². The first kappa shape index (κ1) is 11.6. The average molecular weight is 220 g/mol. The summed E-state index contributed by atoms with van der Waals surface area (Å²) in [5.41, 5.74) is 1.31. The van der Waals surface area contributed by atoms with Gasteiger partial charge < -0.3 is 10.0 Å². The summed E-state index contributed by atoms with van der Waals surface area (Å²) < 4.78 is 0. The van der Waals surface area contributed by atoms with Crippen LogP contribution in [-0.2, 0) is 6.42 Å². The monoisotopic (exact) mass is 220 g/mol. The number of nitrogens with zero attached hydrogens (tertiary/aromatic N) is 2. The summed E-state index contributed by atoms with van der Waals surface area (Å²) in [6.45, 7) is 1.01. The average Bonchev–Trinajstić information content (AvgIpc) is 2.74.